The van der Waals surface area contributed by atoms with E-state index < -0.39 is 0 Å². The van der Waals surface area contributed by atoms with E-state index in [0.29, 0.717) is 6.54 Å². The molecule has 7 heteroatoms. The molecule has 27 heavy (non-hydrogen) atoms. The van der Waals surface area contributed by atoms with Crippen LogP contribution in [-0.2, 0) is 13.1 Å². The fraction of sp³-hybridized carbons (Fsp3) is 0.500. The highest BCUT2D eigenvalue weighted by Crippen LogP contribution is 2.30. The molecule has 0 aliphatic heterocycles. The smallest absolute Gasteiger partial charge is 0.191 e. The van der Waals surface area contributed by atoms with Crippen LogP contribution in [0.1, 0.15) is 30.4 Å². The molecule has 1 aliphatic rings. The number of aliphatic imine (C=N–C) groups is 1. The van der Waals surface area contributed by atoms with E-state index in [9.17, 15) is 0 Å². The van der Waals surface area contributed by atoms with Crippen molar-refractivity contribution >= 4 is 29.9 Å². The molecular weight excluding hydrogens is 453 g/mol. The quantitative estimate of drug-likeness (QED) is 0.249. The van der Waals surface area contributed by atoms with Crippen molar-refractivity contribution in [2.75, 3.05) is 20.2 Å². The zero-order chi connectivity index (χ0) is 18.2. The van der Waals surface area contributed by atoms with Crippen molar-refractivity contribution in [1.29, 1.82) is 0 Å². The van der Waals surface area contributed by atoms with Crippen LogP contribution in [0.3, 0.4) is 0 Å². The van der Waals surface area contributed by atoms with Crippen molar-refractivity contribution in [3.63, 3.8) is 0 Å². The minimum absolute atomic E-state index is 0. The second-order valence-corrected chi connectivity index (χ2v) is 6.84. The minimum Gasteiger partial charge on any atom is -0.493 e. The van der Waals surface area contributed by atoms with Crippen molar-refractivity contribution < 1.29 is 4.74 Å². The molecular formula is C20H30IN5O. The number of hydrogen-bond acceptors (Lipinski definition) is 3. The molecule has 0 amide bonds. The van der Waals surface area contributed by atoms with Gasteiger partial charge in [0.25, 0.3) is 0 Å². The van der Waals surface area contributed by atoms with Crippen LogP contribution in [0.25, 0.3) is 0 Å². The van der Waals surface area contributed by atoms with Crippen LogP contribution in [0.2, 0.25) is 0 Å². The molecule has 0 unspecified atom stereocenters. The Morgan fingerprint density at radius 2 is 2.19 bits per heavy atom. The van der Waals surface area contributed by atoms with Crippen molar-refractivity contribution in [3.8, 4) is 5.75 Å². The van der Waals surface area contributed by atoms with Crippen LogP contribution in [0.5, 0.6) is 5.75 Å². The molecule has 2 N–H and O–H groups in total. The predicted octanol–water partition coefficient (Wildman–Crippen LogP) is 3.35. The summed E-state index contributed by atoms with van der Waals surface area (Å²) in [5.74, 6) is 2.54. The first kappa shape index (κ1) is 21.5. The van der Waals surface area contributed by atoms with Gasteiger partial charge in [-0.1, -0.05) is 12.1 Å². The average molecular weight is 483 g/mol. The monoisotopic (exact) mass is 483 g/mol. The normalized spacial score (nSPS) is 13.8. The number of hydrogen-bond donors (Lipinski definition) is 2. The molecule has 0 saturated heterocycles. The molecule has 2 aromatic rings. The summed E-state index contributed by atoms with van der Waals surface area (Å²) < 4.78 is 7.98. The molecule has 1 aliphatic carbocycles. The largest absolute Gasteiger partial charge is 0.493 e. The summed E-state index contributed by atoms with van der Waals surface area (Å²) in [6.07, 6.45) is 7.37. The van der Waals surface area contributed by atoms with Gasteiger partial charge in [-0.2, -0.15) is 5.10 Å². The van der Waals surface area contributed by atoms with Gasteiger partial charge in [-0.3, -0.25) is 9.67 Å². The molecule has 6 nitrogen and oxygen atoms in total. The van der Waals surface area contributed by atoms with E-state index in [1.807, 2.05) is 16.9 Å². The molecule has 0 spiro atoms. The molecule has 1 fully saturated rings. The number of ether oxygens (including phenoxy) is 1. The van der Waals surface area contributed by atoms with Crippen LogP contribution in [-0.4, -0.2) is 35.9 Å². The van der Waals surface area contributed by atoms with E-state index in [1.165, 1.54) is 18.4 Å². The third-order valence-corrected chi connectivity index (χ3v) is 4.48. The van der Waals surface area contributed by atoms with Gasteiger partial charge < -0.3 is 15.4 Å². The first-order valence-corrected chi connectivity index (χ1v) is 9.39. The molecule has 1 heterocycles. The topological polar surface area (TPSA) is 63.5 Å². The standard InChI is InChI=1S/C20H29N5O.HI/c1-16-5-8-18(19(13-16)26-15-17-6-7-17)14-23-20(21-2)22-9-3-11-25-12-4-10-24-25;/h4-5,8,10,12-13,17H,3,6-7,9,11,14-15H2,1-2H3,(H2,21,22,23);1H. The third kappa shape index (κ3) is 7.40. The van der Waals surface area contributed by atoms with Gasteiger partial charge in [-0.05, 0) is 49.8 Å². The molecule has 3 rings (SSSR count). The van der Waals surface area contributed by atoms with Crippen molar-refractivity contribution in [3.05, 3.63) is 47.8 Å². The molecule has 1 aromatic heterocycles. The van der Waals surface area contributed by atoms with Gasteiger partial charge in [-0.25, -0.2) is 0 Å². The summed E-state index contributed by atoms with van der Waals surface area (Å²) in [4.78, 5) is 4.30. The van der Waals surface area contributed by atoms with E-state index in [-0.39, 0.29) is 24.0 Å². The maximum Gasteiger partial charge on any atom is 0.191 e. The second-order valence-electron chi connectivity index (χ2n) is 6.84. The van der Waals surface area contributed by atoms with Crippen molar-refractivity contribution in [2.24, 2.45) is 10.9 Å². The predicted molar refractivity (Wildman–Crippen MR) is 120 cm³/mol. The molecule has 148 valence electrons. The summed E-state index contributed by atoms with van der Waals surface area (Å²) in [5, 5.41) is 10.9. The Labute approximate surface area is 178 Å². The summed E-state index contributed by atoms with van der Waals surface area (Å²) >= 11 is 0. The Balaban J connectivity index is 0.00000261. The Hall–Kier alpha value is -1.77. The lowest BCUT2D eigenvalue weighted by molar-refractivity contribution is 0.296. The number of benzene rings is 1. The Morgan fingerprint density at radius 3 is 2.89 bits per heavy atom. The van der Waals surface area contributed by atoms with Crippen LogP contribution < -0.4 is 15.4 Å². The number of guanidine groups is 1. The van der Waals surface area contributed by atoms with Gasteiger partial charge in [0, 0.05) is 44.6 Å². The molecule has 0 atom stereocenters. The highest BCUT2D eigenvalue weighted by Gasteiger charge is 2.22. The minimum atomic E-state index is 0. The fourth-order valence-corrected chi connectivity index (χ4v) is 2.71. The maximum absolute atomic E-state index is 6.04. The zero-order valence-electron chi connectivity index (χ0n) is 16.1. The zero-order valence-corrected chi connectivity index (χ0v) is 18.5. The lowest BCUT2D eigenvalue weighted by atomic mass is 10.1. The summed E-state index contributed by atoms with van der Waals surface area (Å²) in [6, 6.07) is 8.33. The highest BCUT2D eigenvalue weighted by atomic mass is 127. The van der Waals surface area contributed by atoms with Crippen LogP contribution in [0, 0.1) is 12.8 Å². The number of aryl methyl sites for hydroxylation is 2. The van der Waals surface area contributed by atoms with Gasteiger partial charge in [0.05, 0.1) is 6.61 Å². The maximum atomic E-state index is 6.04. The van der Waals surface area contributed by atoms with Gasteiger partial charge in [-0.15, -0.1) is 24.0 Å². The summed E-state index contributed by atoms with van der Waals surface area (Å²) in [7, 11) is 1.79. The fourth-order valence-electron chi connectivity index (χ4n) is 2.71. The Kier molecular flexibility index (Phi) is 8.90. The van der Waals surface area contributed by atoms with E-state index >= 15 is 0 Å². The Bertz CT molecular complexity index is 713. The highest BCUT2D eigenvalue weighted by molar-refractivity contribution is 14.0. The first-order valence-electron chi connectivity index (χ1n) is 9.39. The Morgan fingerprint density at radius 1 is 1.33 bits per heavy atom. The van der Waals surface area contributed by atoms with E-state index in [2.05, 4.69) is 45.8 Å². The molecule has 1 saturated carbocycles. The second kappa shape index (κ2) is 11.2. The lowest BCUT2D eigenvalue weighted by Crippen LogP contribution is -2.37. The number of nitrogens with zero attached hydrogens (tertiary/aromatic N) is 3. The van der Waals surface area contributed by atoms with Gasteiger partial charge >= 0.3 is 0 Å². The van der Waals surface area contributed by atoms with Crippen LogP contribution >= 0.6 is 24.0 Å². The SMILES string of the molecule is CN=C(NCCCn1cccn1)NCc1ccc(C)cc1OCC1CC1.I. The first-order chi connectivity index (χ1) is 12.7. The number of rotatable bonds is 9. The number of halogens is 1. The summed E-state index contributed by atoms with van der Waals surface area (Å²) in [6.45, 7) is 5.36. The van der Waals surface area contributed by atoms with Crippen LogP contribution in [0.4, 0.5) is 0 Å². The molecule has 1 aromatic carbocycles. The number of aromatic nitrogens is 2. The van der Waals surface area contributed by atoms with Crippen molar-refractivity contribution in [2.45, 2.75) is 39.3 Å². The van der Waals surface area contributed by atoms with Gasteiger partial charge in [0.2, 0.25) is 0 Å². The van der Waals surface area contributed by atoms with Gasteiger partial charge in [0.1, 0.15) is 5.75 Å². The van der Waals surface area contributed by atoms with E-state index in [4.69, 9.17) is 4.74 Å². The van der Waals surface area contributed by atoms with Gasteiger partial charge in [0.15, 0.2) is 5.96 Å². The van der Waals surface area contributed by atoms with E-state index in [0.717, 1.165) is 49.3 Å². The lowest BCUT2D eigenvalue weighted by Gasteiger charge is -2.15. The third-order valence-electron chi connectivity index (χ3n) is 4.48. The summed E-state index contributed by atoms with van der Waals surface area (Å²) in [5.41, 5.74) is 2.39. The van der Waals surface area contributed by atoms with Crippen molar-refractivity contribution in [1.82, 2.24) is 20.4 Å². The van der Waals surface area contributed by atoms with E-state index in [1.54, 1.807) is 13.2 Å². The molecule has 0 radical (unpaired) electrons. The number of nitrogens with one attached hydrogen (secondary N) is 2. The van der Waals surface area contributed by atoms with Crippen LogP contribution in [0.15, 0.2) is 41.7 Å². The average Bonchev–Trinajstić information content (AvgIpc) is 3.34. The molecule has 0 bridgehead atoms.